The summed E-state index contributed by atoms with van der Waals surface area (Å²) >= 11 is 0. The second-order valence-electron chi connectivity index (χ2n) is 5.51. The summed E-state index contributed by atoms with van der Waals surface area (Å²) in [7, 11) is 0. The van der Waals surface area contributed by atoms with Crippen LogP contribution in [0.15, 0.2) is 0 Å². The zero-order chi connectivity index (χ0) is 15.1. The van der Waals surface area contributed by atoms with Gasteiger partial charge in [-0.1, -0.05) is 6.92 Å². The third-order valence-electron chi connectivity index (χ3n) is 3.60. The summed E-state index contributed by atoms with van der Waals surface area (Å²) in [5.41, 5.74) is 5.67. The minimum absolute atomic E-state index is 0.00856. The van der Waals surface area contributed by atoms with Gasteiger partial charge >= 0.3 is 5.97 Å². The number of carbonyl (C=O) groups excluding carboxylic acids is 1. The van der Waals surface area contributed by atoms with E-state index < -0.39 is 11.9 Å². The van der Waals surface area contributed by atoms with E-state index in [1.165, 1.54) is 0 Å². The molecule has 1 aliphatic heterocycles. The third kappa shape index (κ3) is 4.76. The molecule has 0 bridgehead atoms. The van der Waals surface area contributed by atoms with E-state index in [9.17, 15) is 14.7 Å². The van der Waals surface area contributed by atoms with E-state index in [4.69, 9.17) is 10.5 Å². The lowest BCUT2D eigenvalue weighted by Crippen LogP contribution is -2.46. The maximum atomic E-state index is 12.3. The van der Waals surface area contributed by atoms with Crippen LogP contribution in [0.1, 0.15) is 39.5 Å². The molecular formula is C14H26N2O4. The summed E-state index contributed by atoms with van der Waals surface area (Å²) in [6, 6.07) is -0.251. The summed E-state index contributed by atoms with van der Waals surface area (Å²) in [6.07, 6.45) is 2.77. The Morgan fingerprint density at radius 1 is 1.45 bits per heavy atom. The van der Waals surface area contributed by atoms with Crippen LogP contribution >= 0.6 is 0 Å². The molecule has 0 radical (unpaired) electrons. The molecule has 1 heterocycles. The largest absolute Gasteiger partial charge is 0.481 e. The first-order chi connectivity index (χ1) is 9.47. The van der Waals surface area contributed by atoms with Crippen LogP contribution in [-0.2, 0) is 14.3 Å². The quantitative estimate of drug-likeness (QED) is 0.690. The lowest BCUT2D eigenvalue weighted by molar-refractivity contribution is -0.145. The predicted molar refractivity (Wildman–Crippen MR) is 75.2 cm³/mol. The van der Waals surface area contributed by atoms with Gasteiger partial charge in [-0.3, -0.25) is 9.59 Å². The number of nitrogens with zero attached hydrogens (tertiary/aromatic N) is 1. The number of hydrogen-bond acceptors (Lipinski definition) is 4. The fourth-order valence-electron chi connectivity index (χ4n) is 2.52. The van der Waals surface area contributed by atoms with Gasteiger partial charge < -0.3 is 20.5 Å². The van der Waals surface area contributed by atoms with Gasteiger partial charge in [-0.2, -0.15) is 0 Å². The minimum Gasteiger partial charge on any atom is -0.481 e. The molecule has 0 spiro atoms. The first-order valence-electron chi connectivity index (χ1n) is 7.33. The molecule has 116 valence electrons. The normalized spacial score (nSPS) is 23.6. The van der Waals surface area contributed by atoms with Crippen molar-refractivity contribution in [2.45, 2.75) is 51.6 Å². The average molecular weight is 286 g/mol. The van der Waals surface area contributed by atoms with Crippen molar-refractivity contribution < 1.29 is 19.4 Å². The molecule has 20 heavy (non-hydrogen) atoms. The third-order valence-corrected chi connectivity index (χ3v) is 3.60. The van der Waals surface area contributed by atoms with Gasteiger partial charge in [0.2, 0.25) is 5.91 Å². The van der Waals surface area contributed by atoms with Crippen molar-refractivity contribution in [3.63, 3.8) is 0 Å². The van der Waals surface area contributed by atoms with Crippen LogP contribution < -0.4 is 5.73 Å². The van der Waals surface area contributed by atoms with Crippen molar-refractivity contribution in [1.82, 2.24) is 4.90 Å². The van der Waals surface area contributed by atoms with Crippen LogP contribution in [0.2, 0.25) is 0 Å². The van der Waals surface area contributed by atoms with E-state index in [-0.39, 0.29) is 24.6 Å². The summed E-state index contributed by atoms with van der Waals surface area (Å²) in [6.45, 7) is 4.98. The lowest BCUT2D eigenvalue weighted by Gasteiger charge is -2.30. The van der Waals surface area contributed by atoms with Crippen molar-refractivity contribution in [1.29, 1.82) is 0 Å². The number of carboxylic acid groups (broad SMARTS) is 1. The molecule has 0 aromatic carbocycles. The van der Waals surface area contributed by atoms with Gasteiger partial charge in [0.05, 0.1) is 19.3 Å². The van der Waals surface area contributed by atoms with Crippen LogP contribution in [0, 0.1) is 5.92 Å². The summed E-state index contributed by atoms with van der Waals surface area (Å²) in [5.74, 6) is -1.50. The number of carbonyl (C=O) groups is 2. The molecule has 6 heteroatoms. The number of carboxylic acids is 1. The van der Waals surface area contributed by atoms with Crippen molar-refractivity contribution in [2.75, 3.05) is 19.8 Å². The van der Waals surface area contributed by atoms with Crippen molar-refractivity contribution in [3.8, 4) is 0 Å². The van der Waals surface area contributed by atoms with Crippen molar-refractivity contribution >= 4 is 11.9 Å². The standard InChI is InChI=1S/C14H26N2O4/c1-3-7-16(13(17)6-4-5-10(2)15)12-9-20-8-11(12)14(18)19/h10-12H,3-9,15H2,1-2H3,(H,18,19). The molecule has 0 aliphatic carbocycles. The lowest BCUT2D eigenvalue weighted by atomic mass is 10.0. The summed E-state index contributed by atoms with van der Waals surface area (Å²) < 4.78 is 5.26. The zero-order valence-corrected chi connectivity index (χ0v) is 12.4. The van der Waals surface area contributed by atoms with Gasteiger partial charge in [0, 0.05) is 19.0 Å². The molecular weight excluding hydrogens is 260 g/mol. The molecule has 1 rings (SSSR count). The highest BCUT2D eigenvalue weighted by Gasteiger charge is 2.39. The fraction of sp³-hybridized carbons (Fsp3) is 0.857. The highest BCUT2D eigenvalue weighted by molar-refractivity contribution is 5.78. The summed E-state index contributed by atoms with van der Waals surface area (Å²) in [4.78, 5) is 25.2. The van der Waals surface area contributed by atoms with E-state index in [2.05, 4.69) is 0 Å². The topological polar surface area (TPSA) is 92.9 Å². The molecule has 1 fully saturated rings. The van der Waals surface area contributed by atoms with E-state index in [1.807, 2.05) is 13.8 Å². The Morgan fingerprint density at radius 3 is 2.70 bits per heavy atom. The van der Waals surface area contributed by atoms with Crippen LogP contribution in [-0.4, -0.2) is 53.7 Å². The van der Waals surface area contributed by atoms with E-state index in [0.29, 0.717) is 19.6 Å². The van der Waals surface area contributed by atoms with Crippen LogP contribution in [0.25, 0.3) is 0 Å². The number of ether oxygens (including phenoxy) is 1. The fourth-order valence-corrected chi connectivity index (χ4v) is 2.52. The molecule has 0 saturated carbocycles. The first-order valence-corrected chi connectivity index (χ1v) is 7.33. The average Bonchev–Trinajstić information content (AvgIpc) is 2.84. The van der Waals surface area contributed by atoms with Gasteiger partial charge in [0.25, 0.3) is 0 Å². The Morgan fingerprint density at radius 2 is 2.15 bits per heavy atom. The van der Waals surface area contributed by atoms with Crippen LogP contribution in [0.5, 0.6) is 0 Å². The molecule has 0 aromatic rings. The van der Waals surface area contributed by atoms with Gasteiger partial charge in [-0.25, -0.2) is 0 Å². The molecule has 3 unspecified atom stereocenters. The molecule has 1 saturated heterocycles. The van der Waals surface area contributed by atoms with Crippen LogP contribution in [0.3, 0.4) is 0 Å². The molecule has 3 atom stereocenters. The minimum atomic E-state index is -0.892. The van der Waals surface area contributed by atoms with Crippen molar-refractivity contribution in [2.24, 2.45) is 11.7 Å². The molecule has 6 nitrogen and oxygen atoms in total. The maximum Gasteiger partial charge on any atom is 0.311 e. The number of nitrogens with two attached hydrogens (primary N) is 1. The molecule has 3 N–H and O–H groups in total. The molecule has 1 amide bonds. The van der Waals surface area contributed by atoms with Crippen LogP contribution in [0.4, 0.5) is 0 Å². The smallest absolute Gasteiger partial charge is 0.311 e. The molecule has 1 aliphatic rings. The van der Waals surface area contributed by atoms with Gasteiger partial charge in [0.1, 0.15) is 5.92 Å². The SMILES string of the molecule is CCCN(C(=O)CCCC(C)N)C1COCC1C(=O)O. The number of amides is 1. The highest BCUT2D eigenvalue weighted by atomic mass is 16.5. The number of rotatable bonds is 8. The predicted octanol–water partition coefficient (Wildman–Crippen LogP) is 0.842. The Balaban J connectivity index is 2.62. The van der Waals surface area contributed by atoms with E-state index in [0.717, 1.165) is 19.3 Å². The maximum absolute atomic E-state index is 12.3. The van der Waals surface area contributed by atoms with E-state index >= 15 is 0 Å². The molecule has 0 aromatic heterocycles. The second kappa shape index (κ2) is 8.21. The van der Waals surface area contributed by atoms with Crippen molar-refractivity contribution in [3.05, 3.63) is 0 Å². The van der Waals surface area contributed by atoms with Gasteiger partial charge in [-0.05, 0) is 26.2 Å². The number of hydrogen-bond donors (Lipinski definition) is 2. The highest BCUT2D eigenvalue weighted by Crippen LogP contribution is 2.21. The number of aliphatic carboxylic acids is 1. The Kier molecular flexibility index (Phi) is 6.95. The Bertz CT molecular complexity index is 333. The second-order valence-corrected chi connectivity index (χ2v) is 5.51. The zero-order valence-electron chi connectivity index (χ0n) is 12.4. The monoisotopic (exact) mass is 286 g/mol. The van der Waals surface area contributed by atoms with Gasteiger partial charge in [0.15, 0.2) is 0 Å². The Labute approximate surface area is 120 Å². The first kappa shape index (κ1) is 16.9. The Hall–Kier alpha value is -1.14. The summed E-state index contributed by atoms with van der Waals surface area (Å²) in [5, 5.41) is 9.20. The van der Waals surface area contributed by atoms with E-state index in [1.54, 1.807) is 4.90 Å². The van der Waals surface area contributed by atoms with Gasteiger partial charge in [-0.15, -0.1) is 0 Å².